The van der Waals surface area contributed by atoms with E-state index < -0.39 is 16.1 Å². The zero-order valence-corrected chi connectivity index (χ0v) is 16.2. The van der Waals surface area contributed by atoms with Gasteiger partial charge in [-0.05, 0) is 38.0 Å². The smallest absolute Gasteiger partial charge is 0.242 e. The van der Waals surface area contributed by atoms with Gasteiger partial charge in [0, 0.05) is 12.6 Å². The molecule has 1 aromatic carbocycles. The minimum absolute atomic E-state index is 0.339. The van der Waals surface area contributed by atoms with Gasteiger partial charge in [0.1, 0.15) is 11.8 Å². The van der Waals surface area contributed by atoms with Crippen molar-refractivity contribution in [2.75, 3.05) is 18.1 Å². The lowest BCUT2D eigenvalue weighted by molar-refractivity contribution is -0.120. The fraction of sp³-hybridized carbons (Fsp3) is 0.368. The van der Waals surface area contributed by atoms with Crippen molar-refractivity contribution in [3.05, 3.63) is 48.2 Å². The second kappa shape index (κ2) is 8.06. The number of amides is 1. The number of nitrogens with one attached hydrogen (secondary N) is 1. The molecule has 1 atom stereocenters. The highest BCUT2D eigenvalue weighted by Crippen LogP contribution is 2.23. The Morgan fingerprint density at radius 3 is 2.56 bits per heavy atom. The Morgan fingerprint density at radius 1 is 1.19 bits per heavy atom. The van der Waals surface area contributed by atoms with Crippen LogP contribution in [-0.2, 0) is 14.8 Å². The average molecular weight is 389 g/mol. The second-order valence-corrected chi connectivity index (χ2v) is 8.61. The van der Waals surface area contributed by atoms with Gasteiger partial charge in [-0.2, -0.15) is 4.31 Å². The number of piperidine rings is 1. The second-order valence-electron chi connectivity index (χ2n) is 6.67. The normalized spacial score (nSPS) is 18.1. The number of ether oxygens (including phenoxy) is 1. The molecule has 27 heavy (non-hydrogen) atoms. The molecule has 1 fully saturated rings. The molecule has 0 aliphatic carbocycles. The molecule has 1 unspecified atom stereocenters. The van der Waals surface area contributed by atoms with Crippen molar-refractivity contribution >= 4 is 21.6 Å². The van der Waals surface area contributed by atoms with E-state index >= 15 is 0 Å². The first-order valence-corrected chi connectivity index (χ1v) is 10.7. The zero-order valence-electron chi connectivity index (χ0n) is 15.4. The van der Waals surface area contributed by atoms with Crippen LogP contribution < -0.4 is 10.1 Å². The van der Waals surface area contributed by atoms with E-state index in [-0.39, 0.29) is 5.91 Å². The molecule has 1 N–H and O–H groups in total. The highest BCUT2D eigenvalue weighted by atomic mass is 32.2. The van der Waals surface area contributed by atoms with Crippen molar-refractivity contribution < 1.29 is 17.9 Å². The molecule has 1 saturated heterocycles. The summed E-state index contributed by atoms with van der Waals surface area (Å²) in [4.78, 5) is 16.7. The lowest BCUT2D eigenvalue weighted by atomic mass is 10.0. The minimum atomic E-state index is -3.42. The minimum Gasteiger partial charge on any atom is -0.439 e. The largest absolute Gasteiger partial charge is 0.439 e. The van der Waals surface area contributed by atoms with Crippen LogP contribution in [-0.4, -0.2) is 42.5 Å². The van der Waals surface area contributed by atoms with Crippen LogP contribution in [0.3, 0.4) is 0 Å². The number of aryl methyl sites for hydroxylation is 1. The van der Waals surface area contributed by atoms with Crippen molar-refractivity contribution in [3.8, 4) is 11.6 Å². The van der Waals surface area contributed by atoms with Gasteiger partial charge in [0.25, 0.3) is 0 Å². The molecule has 144 valence electrons. The number of carbonyl (C=O) groups excluding carboxylic acids is 1. The number of hydrogen-bond donors (Lipinski definition) is 1. The predicted molar refractivity (Wildman–Crippen MR) is 103 cm³/mol. The van der Waals surface area contributed by atoms with Gasteiger partial charge >= 0.3 is 0 Å². The molecule has 1 aliphatic rings. The van der Waals surface area contributed by atoms with Gasteiger partial charge < -0.3 is 10.1 Å². The number of rotatable bonds is 5. The van der Waals surface area contributed by atoms with Crippen LogP contribution in [0, 0.1) is 6.92 Å². The predicted octanol–water partition coefficient (Wildman–Crippen LogP) is 2.93. The highest BCUT2D eigenvalue weighted by molar-refractivity contribution is 7.88. The Balaban J connectivity index is 1.65. The average Bonchev–Trinajstić information content (AvgIpc) is 2.64. The molecule has 1 aromatic heterocycles. The van der Waals surface area contributed by atoms with Gasteiger partial charge in [0.15, 0.2) is 0 Å². The number of aromatic nitrogens is 1. The van der Waals surface area contributed by atoms with Gasteiger partial charge in [-0.1, -0.05) is 24.1 Å². The topological polar surface area (TPSA) is 88.6 Å². The molecule has 8 heteroatoms. The Kier molecular flexibility index (Phi) is 5.76. The van der Waals surface area contributed by atoms with Gasteiger partial charge in [0.2, 0.25) is 21.8 Å². The van der Waals surface area contributed by atoms with Crippen LogP contribution in [0.25, 0.3) is 0 Å². The first kappa shape index (κ1) is 19.3. The van der Waals surface area contributed by atoms with E-state index in [1.165, 1.54) is 10.5 Å². The molecule has 0 saturated carbocycles. The number of hydrogen-bond acceptors (Lipinski definition) is 5. The van der Waals surface area contributed by atoms with Gasteiger partial charge in [-0.15, -0.1) is 0 Å². The number of sulfonamides is 1. The van der Waals surface area contributed by atoms with Crippen molar-refractivity contribution in [2.45, 2.75) is 32.2 Å². The summed E-state index contributed by atoms with van der Waals surface area (Å²) in [6.45, 7) is 2.37. The third kappa shape index (κ3) is 5.05. The summed E-state index contributed by atoms with van der Waals surface area (Å²) < 4.78 is 30.8. The number of carbonyl (C=O) groups is 1. The maximum atomic E-state index is 12.6. The molecule has 2 aromatic rings. The Hall–Kier alpha value is -2.45. The van der Waals surface area contributed by atoms with E-state index in [0.29, 0.717) is 30.3 Å². The summed E-state index contributed by atoms with van der Waals surface area (Å²) in [6, 6.07) is 10.3. The summed E-state index contributed by atoms with van der Waals surface area (Å²) >= 11 is 0. The van der Waals surface area contributed by atoms with E-state index in [0.717, 1.165) is 24.7 Å². The third-order valence-electron chi connectivity index (χ3n) is 4.43. The molecular formula is C19H23N3O4S. The van der Waals surface area contributed by atoms with E-state index in [2.05, 4.69) is 10.3 Å². The van der Waals surface area contributed by atoms with E-state index in [1.54, 1.807) is 12.1 Å². The molecular weight excluding hydrogens is 366 g/mol. The fourth-order valence-corrected chi connectivity index (χ4v) is 4.16. The first-order valence-electron chi connectivity index (χ1n) is 8.81. The highest BCUT2D eigenvalue weighted by Gasteiger charge is 2.34. The van der Waals surface area contributed by atoms with Crippen LogP contribution in [0.15, 0.2) is 42.6 Å². The quantitative estimate of drug-likeness (QED) is 0.849. The molecule has 0 bridgehead atoms. The van der Waals surface area contributed by atoms with Crippen molar-refractivity contribution in [1.29, 1.82) is 0 Å². The summed E-state index contributed by atoms with van der Waals surface area (Å²) in [7, 11) is -3.42. The number of pyridine rings is 1. The lowest BCUT2D eigenvalue weighted by Gasteiger charge is -2.32. The summed E-state index contributed by atoms with van der Waals surface area (Å²) in [5.74, 6) is 0.747. The third-order valence-corrected chi connectivity index (χ3v) is 5.72. The molecule has 3 rings (SSSR count). The van der Waals surface area contributed by atoms with E-state index in [9.17, 15) is 13.2 Å². The van der Waals surface area contributed by atoms with E-state index in [1.807, 2.05) is 31.2 Å². The maximum absolute atomic E-state index is 12.6. The zero-order chi connectivity index (χ0) is 19.4. The number of anilines is 1. The standard InChI is InChI=1S/C19H23N3O4S/c1-14-6-9-16(10-7-14)26-18-11-8-15(13-20-18)21-19(23)17-5-3-4-12-22(17)27(2,24)25/h6-11,13,17H,3-5,12H2,1-2H3,(H,21,23). The maximum Gasteiger partial charge on any atom is 0.242 e. The molecule has 7 nitrogen and oxygen atoms in total. The van der Waals surface area contributed by atoms with E-state index in [4.69, 9.17) is 4.74 Å². The number of benzene rings is 1. The van der Waals surface area contributed by atoms with Crippen LogP contribution in [0.4, 0.5) is 5.69 Å². The molecule has 0 spiro atoms. The number of nitrogens with zero attached hydrogens (tertiary/aromatic N) is 2. The summed E-state index contributed by atoms with van der Waals surface area (Å²) in [6.07, 6.45) is 4.74. The van der Waals surface area contributed by atoms with Crippen molar-refractivity contribution in [1.82, 2.24) is 9.29 Å². The van der Waals surface area contributed by atoms with Gasteiger partial charge in [0.05, 0.1) is 18.1 Å². The summed E-state index contributed by atoms with van der Waals surface area (Å²) in [5.41, 5.74) is 1.63. The molecule has 1 aliphatic heterocycles. The lowest BCUT2D eigenvalue weighted by Crippen LogP contribution is -2.49. The summed E-state index contributed by atoms with van der Waals surface area (Å²) in [5, 5.41) is 2.75. The van der Waals surface area contributed by atoms with Crippen LogP contribution in [0.5, 0.6) is 11.6 Å². The monoisotopic (exact) mass is 389 g/mol. The van der Waals surface area contributed by atoms with Crippen molar-refractivity contribution in [3.63, 3.8) is 0 Å². The molecule has 0 radical (unpaired) electrons. The van der Waals surface area contributed by atoms with Gasteiger partial charge in [-0.3, -0.25) is 4.79 Å². The molecule has 2 heterocycles. The fourth-order valence-electron chi connectivity index (χ4n) is 3.03. The van der Waals surface area contributed by atoms with Crippen LogP contribution in [0.1, 0.15) is 24.8 Å². The Labute approximate surface area is 159 Å². The van der Waals surface area contributed by atoms with Crippen molar-refractivity contribution in [2.24, 2.45) is 0 Å². The Bertz CT molecular complexity index is 896. The van der Waals surface area contributed by atoms with Crippen LogP contribution in [0.2, 0.25) is 0 Å². The van der Waals surface area contributed by atoms with Gasteiger partial charge in [-0.25, -0.2) is 13.4 Å². The SMILES string of the molecule is Cc1ccc(Oc2ccc(NC(=O)C3CCCCN3S(C)(=O)=O)cn2)cc1. The molecule has 1 amide bonds. The Morgan fingerprint density at radius 2 is 1.93 bits per heavy atom. The first-order chi connectivity index (χ1) is 12.8. The van der Waals surface area contributed by atoms with Crippen LogP contribution >= 0.6 is 0 Å².